The van der Waals surface area contributed by atoms with Crippen LogP contribution in [0.4, 0.5) is 5.13 Å². The SMILES string of the molecule is Cc1cccc(OCC(=O)N(C)c2nnc(-c3ccc(Br)cc3)s2)c1C. The fourth-order valence-electron chi connectivity index (χ4n) is 2.28. The van der Waals surface area contributed by atoms with E-state index in [1.54, 1.807) is 7.05 Å². The van der Waals surface area contributed by atoms with Gasteiger partial charge in [0.25, 0.3) is 5.91 Å². The molecule has 0 bridgehead atoms. The zero-order valence-electron chi connectivity index (χ0n) is 14.7. The summed E-state index contributed by atoms with van der Waals surface area (Å²) in [5, 5.41) is 9.62. The predicted molar refractivity (Wildman–Crippen MR) is 108 cm³/mol. The molecule has 0 atom stereocenters. The minimum Gasteiger partial charge on any atom is -0.483 e. The maximum absolute atomic E-state index is 12.4. The first-order valence-corrected chi connectivity index (χ1v) is 9.61. The quantitative estimate of drug-likeness (QED) is 0.590. The fraction of sp³-hybridized carbons (Fsp3) is 0.211. The summed E-state index contributed by atoms with van der Waals surface area (Å²) < 4.78 is 6.69. The van der Waals surface area contributed by atoms with Crippen LogP contribution in [0.1, 0.15) is 11.1 Å². The molecule has 1 heterocycles. The lowest BCUT2D eigenvalue weighted by atomic mass is 10.1. The number of carbonyl (C=O) groups is 1. The third-order valence-corrected chi connectivity index (χ3v) is 5.65. The van der Waals surface area contributed by atoms with Crippen molar-refractivity contribution in [3.05, 3.63) is 58.1 Å². The van der Waals surface area contributed by atoms with E-state index >= 15 is 0 Å². The number of aromatic nitrogens is 2. The van der Waals surface area contributed by atoms with E-state index in [4.69, 9.17) is 4.74 Å². The molecule has 134 valence electrons. The molecule has 3 aromatic rings. The van der Waals surface area contributed by atoms with Crippen molar-refractivity contribution in [1.29, 1.82) is 0 Å². The Hall–Kier alpha value is -2.25. The minimum atomic E-state index is -0.176. The third-order valence-electron chi connectivity index (χ3n) is 4.07. The number of nitrogens with zero attached hydrogens (tertiary/aromatic N) is 3. The van der Waals surface area contributed by atoms with E-state index in [9.17, 15) is 4.79 Å². The van der Waals surface area contributed by atoms with E-state index in [-0.39, 0.29) is 12.5 Å². The molecule has 5 nitrogen and oxygen atoms in total. The lowest BCUT2D eigenvalue weighted by Gasteiger charge is -2.15. The van der Waals surface area contributed by atoms with Crippen LogP contribution in [0.15, 0.2) is 46.9 Å². The van der Waals surface area contributed by atoms with Gasteiger partial charge < -0.3 is 4.74 Å². The molecule has 1 amide bonds. The van der Waals surface area contributed by atoms with E-state index in [2.05, 4.69) is 26.1 Å². The van der Waals surface area contributed by atoms with E-state index in [1.807, 2.05) is 56.3 Å². The molecule has 0 saturated carbocycles. The van der Waals surface area contributed by atoms with E-state index in [1.165, 1.54) is 16.2 Å². The molecule has 0 aliphatic heterocycles. The van der Waals surface area contributed by atoms with E-state index in [0.29, 0.717) is 5.13 Å². The van der Waals surface area contributed by atoms with Crippen LogP contribution in [-0.2, 0) is 4.79 Å². The summed E-state index contributed by atoms with van der Waals surface area (Å²) in [5.41, 5.74) is 3.13. The van der Waals surface area contributed by atoms with Gasteiger partial charge in [0.05, 0.1) is 0 Å². The molecule has 2 aromatic carbocycles. The van der Waals surface area contributed by atoms with Gasteiger partial charge in [0.1, 0.15) is 10.8 Å². The van der Waals surface area contributed by atoms with Gasteiger partial charge in [-0.2, -0.15) is 0 Å². The van der Waals surface area contributed by atoms with Crippen LogP contribution < -0.4 is 9.64 Å². The van der Waals surface area contributed by atoms with Crippen LogP contribution in [-0.4, -0.2) is 29.8 Å². The second-order valence-electron chi connectivity index (χ2n) is 5.84. The monoisotopic (exact) mass is 431 g/mol. The summed E-state index contributed by atoms with van der Waals surface area (Å²) in [7, 11) is 1.68. The molecule has 0 unspecified atom stereocenters. The number of halogens is 1. The van der Waals surface area contributed by atoms with Crippen molar-refractivity contribution < 1.29 is 9.53 Å². The van der Waals surface area contributed by atoms with Crippen molar-refractivity contribution in [2.24, 2.45) is 0 Å². The Morgan fingerprint density at radius 3 is 2.62 bits per heavy atom. The van der Waals surface area contributed by atoms with Gasteiger partial charge in [0.2, 0.25) is 5.13 Å². The molecule has 7 heteroatoms. The molecular weight excluding hydrogens is 414 g/mol. The maximum atomic E-state index is 12.4. The Balaban J connectivity index is 1.67. The van der Waals surface area contributed by atoms with E-state index in [0.717, 1.165) is 31.9 Å². The van der Waals surface area contributed by atoms with Crippen LogP contribution in [0.25, 0.3) is 10.6 Å². The molecule has 0 saturated heterocycles. The molecular formula is C19H18BrN3O2S. The third kappa shape index (κ3) is 4.11. The second-order valence-corrected chi connectivity index (χ2v) is 7.71. The highest BCUT2D eigenvalue weighted by atomic mass is 79.9. The lowest BCUT2D eigenvalue weighted by Crippen LogP contribution is -2.31. The van der Waals surface area contributed by atoms with Gasteiger partial charge in [0.15, 0.2) is 6.61 Å². The molecule has 0 aliphatic rings. The van der Waals surface area contributed by atoms with Crippen molar-refractivity contribution in [1.82, 2.24) is 10.2 Å². The number of rotatable bonds is 5. The molecule has 0 N–H and O–H groups in total. The Morgan fingerprint density at radius 2 is 1.88 bits per heavy atom. The molecule has 0 spiro atoms. The van der Waals surface area contributed by atoms with Gasteiger partial charge in [-0.25, -0.2) is 0 Å². The number of hydrogen-bond acceptors (Lipinski definition) is 5. The summed E-state index contributed by atoms with van der Waals surface area (Å²) in [6.45, 7) is 3.95. The van der Waals surface area contributed by atoms with Crippen molar-refractivity contribution in [3.63, 3.8) is 0 Å². The summed E-state index contributed by atoms with van der Waals surface area (Å²) in [5.74, 6) is 0.545. The van der Waals surface area contributed by atoms with Crippen LogP contribution in [0.5, 0.6) is 5.75 Å². The van der Waals surface area contributed by atoms with E-state index < -0.39 is 0 Å². The lowest BCUT2D eigenvalue weighted by molar-refractivity contribution is -0.120. The maximum Gasteiger partial charge on any atom is 0.266 e. The standard InChI is InChI=1S/C19H18BrN3O2S/c1-12-5-4-6-16(13(12)2)25-11-17(24)23(3)19-22-21-18(26-19)14-7-9-15(20)10-8-14/h4-10H,11H2,1-3H3. The van der Waals surface area contributed by atoms with Crippen LogP contribution in [0.3, 0.4) is 0 Å². The fourth-order valence-corrected chi connectivity index (χ4v) is 3.38. The number of carbonyl (C=O) groups excluding carboxylic acids is 1. The van der Waals surface area contributed by atoms with Gasteiger partial charge in [0, 0.05) is 17.1 Å². The van der Waals surface area contributed by atoms with Gasteiger partial charge >= 0.3 is 0 Å². The number of anilines is 1. The highest BCUT2D eigenvalue weighted by Gasteiger charge is 2.17. The minimum absolute atomic E-state index is 0.0476. The number of amides is 1. The number of ether oxygens (including phenoxy) is 1. The number of benzene rings is 2. The van der Waals surface area contributed by atoms with Crippen molar-refractivity contribution in [2.45, 2.75) is 13.8 Å². The zero-order chi connectivity index (χ0) is 18.7. The average Bonchev–Trinajstić information content (AvgIpc) is 3.12. The number of hydrogen-bond donors (Lipinski definition) is 0. The largest absolute Gasteiger partial charge is 0.483 e. The molecule has 3 rings (SSSR count). The van der Waals surface area contributed by atoms with Crippen LogP contribution >= 0.6 is 27.3 Å². The topological polar surface area (TPSA) is 55.3 Å². The van der Waals surface area contributed by atoms with Gasteiger partial charge in [-0.05, 0) is 43.2 Å². The Morgan fingerprint density at radius 1 is 1.15 bits per heavy atom. The highest BCUT2D eigenvalue weighted by molar-refractivity contribution is 9.10. The van der Waals surface area contributed by atoms with Gasteiger partial charge in [-0.15, -0.1) is 10.2 Å². The first-order chi connectivity index (χ1) is 12.5. The second kappa shape index (κ2) is 7.97. The summed E-state index contributed by atoms with van der Waals surface area (Å²) in [6.07, 6.45) is 0. The predicted octanol–water partition coefficient (Wildman–Crippen LogP) is 4.63. The van der Waals surface area contributed by atoms with Crippen molar-refractivity contribution >= 4 is 38.3 Å². The van der Waals surface area contributed by atoms with Gasteiger partial charge in [-0.3, -0.25) is 9.69 Å². The Labute approximate surface area is 164 Å². The van der Waals surface area contributed by atoms with Crippen LogP contribution in [0.2, 0.25) is 0 Å². The number of likely N-dealkylation sites (N-methyl/N-ethyl adjacent to an activating group) is 1. The van der Waals surface area contributed by atoms with Gasteiger partial charge in [-0.1, -0.05) is 51.5 Å². The molecule has 0 radical (unpaired) electrons. The van der Waals surface area contributed by atoms with Crippen molar-refractivity contribution in [2.75, 3.05) is 18.6 Å². The average molecular weight is 432 g/mol. The normalized spacial score (nSPS) is 10.6. The highest BCUT2D eigenvalue weighted by Crippen LogP contribution is 2.29. The van der Waals surface area contributed by atoms with Crippen molar-refractivity contribution in [3.8, 4) is 16.3 Å². The van der Waals surface area contributed by atoms with Crippen LogP contribution in [0, 0.1) is 13.8 Å². The molecule has 0 fully saturated rings. The summed E-state index contributed by atoms with van der Waals surface area (Å²) in [4.78, 5) is 13.9. The first kappa shape index (κ1) is 18.5. The molecule has 1 aromatic heterocycles. The molecule has 26 heavy (non-hydrogen) atoms. The Bertz CT molecular complexity index is 925. The Kier molecular flexibility index (Phi) is 5.68. The summed E-state index contributed by atoms with van der Waals surface area (Å²) >= 11 is 4.78. The molecule has 0 aliphatic carbocycles. The summed E-state index contributed by atoms with van der Waals surface area (Å²) in [6, 6.07) is 13.6. The number of aryl methyl sites for hydroxylation is 1. The smallest absolute Gasteiger partial charge is 0.266 e. The first-order valence-electron chi connectivity index (χ1n) is 8.00. The zero-order valence-corrected chi connectivity index (χ0v) is 17.1.